The van der Waals surface area contributed by atoms with E-state index in [1.807, 2.05) is 54.6 Å². The monoisotopic (exact) mass is 490 g/mol. The summed E-state index contributed by atoms with van der Waals surface area (Å²) >= 11 is 0. The Labute approximate surface area is 212 Å². The molecule has 8 heteroatoms. The lowest BCUT2D eigenvalue weighted by Crippen LogP contribution is -2.46. The van der Waals surface area contributed by atoms with Gasteiger partial charge in [-0.3, -0.25) is 9.59 Å². The maximum atomic E-state index is 13.6. The summed E-state index contributed by atoms with van der Waals surface area (Å²) in [4.78, 5) is 38.4. The molecule has 0 spiro atoms. The van der Waals surface area contributed by atoms with E-state index in [0.717, 1.165) is 22.5 Å². The first-order chi connectivity index (χ1) is 18.0. The van der Waals surface area contributed by atoms with Crippen molar-refractivity contribution in [2.45, 2.75) is 18.9 Å². The predicted molar refractivity (Wildman–Crippen MR) is 135 cm³/mol. The number of rotatable bonds is 8. The van der Waals surface area contributed by atoms with Crippen LogP contribution >= 0.6 is 0 Å². The molecule has 5 rings (SSSR count). The van der Waals surface area contributed by atoms with Crippen LogP contribution < -0.4 is 5.32 Å². The first-order valence-corrected chi connectivity index (χ1v) is 11.7. The molecule has 2 atom stereocenters. The number of para-hydroxylation sites is 1. The van der Waals surface area contributed by atoms with Gasteiger partial charge in [0.05, 0.1) is 17.5 Å². The SMILES string of the molecule is N#CC(C(=O)N[C@@H](Cc1ccccc1)C(=O)O)C(=O)c1nn(-c2ccccc2)c2c1Cc1ccccc1-2. The van der Waals surface area contributed by atoms with Gasteiger partial charge < -0.3 is 10.4 Å². The summed E-state index contributed by atoms with van der Waals surface area (Å²) in [6.45, 7) is 0. The molecule has 0 aliphatic heterocycles. The minimum absolute atomic E-state index is 0.0155. The van der Waals surface area contributed by atoms with Crippen molar-refractivity contribution in [1.29, 1.82) is 5.26 Å². The van der Waals surface area contributed by atoms with E-state index in [9.17, 15) is 24.8 Å². The molecule has 2 N–H and O–H groups in total. The van der Waals surface area contributed by atoms with Gasteiger partial charge in [0.1, 0.15) is 11.7 Å². The van der Waals surface area contributed by atoms with Gasteiger partial charge >= 0.3 is 5.97 Å². The van der Waals surface area contributed by atoms with Crippen molar-refractivity contribution in [2.24, 2.45) is 5.92 Å². The minimum Gasteiger partial charge on any atom is -0.480 e. The highest BCUT2D eigenvalue weighted by Crippen LogP contribution is 2.40. The van der Waals surface area contributed by atoms with Crippen LogP contribution in [-0.4, -0.2) is 38.6 Å². The van der Waals surface area contributed by atoms with Crippen LogP contribution in [0.25, 0.3) is 16.9 Å². The minimum atomic E-state index is -1.75. The molecule has 182 valence electrons. The fourth-order valence-electron chi connectivity index (χ4n) is 4.62. The second-order valence-corrected chi connectivity index (χ2v) is 8.77. The average molecular weight is 491 g/mol. The molecule has 1 aliphatic carbocycles. The number of carbonyl (C=O) groups is 3. The van der Waals surface area contributed by atoms with Crippen LogP contribution in [0, 0.1) is 17.2 Å². The molecule has 37 heavy (non-hydrogen) atoms. The zero-order valence-corrected chi connectivity index (χ0v) is 19.7. The number of amides is 1. The van der Waals surface area contributed by atoms with Crippen LogP contribution in [0.1, 0.15) is 27.2 Å². The van der Waals surface area contributed by atoms with Crippen LogP contribution in [0.15, 0.2) is 84.9 Å². The Kier molecular flexibility index (Phi) is 6.35. The third-order valence-electron chi connectivity index (χ3n) is 6.41. The smallest absolute Gasteiger partial charge is 0.326 e. The third-order valence-corrected chi connectivity index (χ3v) is 6.41. The molecule has 0 radical (unpaired) electrons. The number of nitrogens with zero attached hydrogens (tertiary/aromatic N) is 3. The Bertz CT molecular complexity index is 1540. The van der Waals surface area contributed by atoms with Crippen molar-refractivity contribution in [3.63, 3.8) is 0 Å². The van der Waals surface area contributed by atoms with Gasteiger partial charge in [0, 0.05) is 24.0 Å². The number of fused-ring (bicyclic) bond motifs is 3. The summed E-state index contributed by atoms with van der Waals surface area (Å²) in [5, 5.41) is 26.4. The largest absolute Gasteiger partial charge is 0.480 e. The van der Waals surface area contributed by atoms with Gasteiger partial charge in [-0.05, 0) is 23.3 Å². The molecule has 4 aromatic rings. The quantitative estimate of drug-likeness (QED) is 0.253. The van der Waals surface area contributed by atoms with E-state index >= 15 is 0 Å². The maximum absolute atomic E-state index is 13.6. The zero-order valence-electron chi connectivity index (χ0n) is 19.7. The first-order valence-electron chi connectivity index (χ1n) is 11.7. The lowest BCUT2D eigenvalue weighted by Gasteiger charge is -2.16. The molecule has 1 heterocycles. The molecular formula is C29H22N4O4. The maximum Gasteiger partial charge on any atom is 0.326 e. The van der Waals surface area contributed by atoms with Gasteiger partial charge in [-0.15, -0.1) is 0 Å². The van der Waals surface area contributed by atoms with Crippen molar-refractivity contribution in [3.8, 4) is 23.0 Å². The number of nitrogens with one attached hydrogen (secondary N) is 1. The number of ketones is 1. The number of nitriles is 1. The van der Waals surface area contributed by atoms with Crippen LogP contribution in [-0.2, 0) is 22.4 Å². The highest BCUT2D eigenvalue weighted by atomic mass is 16.4. The summed E-state index contributed by atoms with van der Waals surface area (Å²) in [6.07, 6.45) is 0.451. The number of Topliss-reactive ketones (excluding diaryl/α,β-unsaturated/α-hetero) is 1. The molecule has 0 saturated heterocycles. The molecule has 1 unspecified atom stereocenters. The first kappa shape index (κ1) is 23.7. The van der Waals surface area contributed by atoms with E-state index in [2.05, 4.69) is 10.4 Å². The van der Waals surface area contributed by atoms with Gasteiger partial charge in [0.25, 0.3) is 0 Å². The number of hydrogen-bond donors (Lipinski definition) is 2. The fourth-order valence-corrected chi connectivity index (χ4v) is 4.62. The van der Waals surface area contributed by atoms with Crippen molar-refractivity contribution in [1.82, 2.24) is 15.1 Å². The van der Waals surface area contributed by atoms with Gasteiger partial charge in [-0.1, -0.05) is 72.8 Å². The Balaban J connectivity index is 1.47. The lowest BCUT2D eigenvalue weighted by atomic mass is 9.97. The number of benzene rings is 3. The van der Waals surface area contributed by atoms with Crippen molar-refractivity contribution in [3.05, 3.63) is 107 Å². The van der Waals surface area contributed by atoms with E-state index in [1.54, 1.807) is 41.1 Å². The molecule has 3 aromatic carbocycles. The van der Waals surface area contributed by atoms with Crippen LogP contribution in [0.4, 0.5) is 0 Å². The fraction of sp³-hybridized carbons (Fsp3) is 0.138. The zero-order chi connectivity index (χ0) is 25.9. The Morgan fingerprint density at radius 1 is 0.973 bits per heavy atom. The molecule has 0 bridgehead atoms. The van der Waals surface area contributed by atoms with Crippen molar-refractivity contribution < 1.29 is 19.5 Å². The molecule has 0 saturated carbocycles. The van der Waals surface area contributed by atoms with Crippen molar-refractivity contribution >= 4 is 17.7 Å². The normalized spacial score (nSPS) is 13.1. The third kappa shape index (κ3) is 4.50. The average Bonchev–Trinajstić information content (AvgIpc) is 3.47. The second kappa shape index (κ2) is 9.91. The highest BCUT2D eigenvalue weighted by molar-refractivity contribution is 6.13. The van der Waals surface area contributed by atoms with Gasteiger partial charge in [0.15, 0.2) is 5.92 Å². The molecule has 1 aromatic heterocycles. The molecule has 0 fully saturated rings. The summed E-state index contributed by atoms with van der Waals surface area (Å²) in [5.74, 6) is -4.73. The van der Waals surface area contributed by atoms with Crippen molar-refractivity contribution in [2.75, 3.05) is 0 Å². The standard InChI is InChI=1S/C29H22N4O4/c30-17-23(28(35)31-24(29(36)37)15-18-9-3-1-4-10-18)27(34)25-22-16-19-11-7-8-14-21(19)26(22)33(32-25)20-12-5-2-6-13-20/h1-14,23-24H,15-16H2,(H,31,35)(H,36,37)/t23?,24-/m0/s1. The van der Waals surface area contributed by atoms with E-state index in [-0.39, 0.29) is 12.1 Å². The number of carbonyl (C=O) groups excluding carboxylic acids is 2. The molecular weight excluding hydrogens is 468 g/mol. The second-order valence-electron chi connectivity index (χ2n) is 8.77. The molecule has 1 amide bonds. The molecule has 8 nitrogen and oxygen atoms in total. The van der Waals surface area contributed by atoms with E-state index in [1.165, 1.54) is 0 Å². The van der Waals surface area contributed by atoms with E-state index in [4.69, 9.17) is 0 Å². The Morgan fingerprint density at radius 3 is 2.30 bits per heavy atom. The highest BCUT2D eigenvalue weighted by Gasteiger charge is 2.37. The van der Waals surface area contributed by atoms with Crippen LogP contribution in [0.3, 0.4) is 0 Å². The summed E-state index contributed by atoms with van der Waals surface area (Å²) in [6, 6.07) is 26.3. The Hall–Kier alpha value is -5.03. The van der Waals surface area contributed by atoms with Gasteiger partial charge in [-0.25, -0.2) is 9.48 Å². The number of aliphatic carboxylic acids is 1. The predicted octanol–water partition coefficient (Wildman–Crippen LogP) is 3.58. The Morgan fingerprint density at radius 2 is 1.62 bits per heavy atom. The summed E-state index contributed by atoms with van der Waals surface area (Å²) in [5.41, 5.74) is 4.80. The van der Waals surface area contributed by atoms with Gasteiger partial charge in [-0.2, -0.15) is 10.4 Å². The number of aromatic nitrogens is 2. The van der Waals surface area contributed by atoms with Crippen LogP contribution in [0.5, 0.6) is 0 Å². The summed E-state index contributed by atoms with van der Waals surface area (Å²) in [7, 11) is 0. The topological polar surface area (TPSA) is 125 Å². The van der Waals surface area contributed by atoms with E-state index in [0.29, 0.717) is 17.5 Å². The summed E-state index contributed by atoms with van der Waals surface area (Å²) < 4.78 is 1.66. The lowest BCUT2D eigenvalue weighted by molar-refractivity contribution is -0.142. The van der Waals surface area contributed by atoms with Crippen LogP contribution in [0.2, 0.25) is 0 Å². The number of hydrogen-bond acceptors (Lipinski definition) is 5. The van der Waals surface area contributed by atoms with Gasteiger partial charge in [0.2, 0.25) is 11.7 Å². The number of carboxylic acids is 1. The molecule has 1 aliphatic rings. The van der Waals surface area contributed by atoms with E-state index < -0.39 is 29.6 Å². The number of carboxylic acid groups (broad SMARTS) is 1.